The van der Waals surface area contributed by atoms with Gasteiger partial charge in [0.1, 0.15) is 29.7 Å². The van der Waals surface area contributed by atoms with E-state index in [4.69, 9.17) is 15.2 Å². The van der Waals surface area contributed by atoms with Crippen LogP contribution in [-0.2, 0) is 25.5 Å². The van der Waals surface area contributed by atoms with Crippen molar-refractivity contribution in [2.45, 2.75) is 75.2 Å². The molecule has 3 aliphatic heterocycles. The average molecular weight is 559 g/mol. The van der Waals surface area contributed by atoms with Crippen LogP contribution in [0.2, 0.25) is 0 Å². The molecule has 0 aromatic carbocycles. The van der Waals surface area contributed by atoms with Gasteiger partial charge in [0.05, 0.1) is 19.3 Å². The molecule has 40 heavy (non-hydrogen) atoms. The number of hydrogen-bond acceptors (Lipinski definition) is 11. The van der Waals surface area contributed by atoms with Gasteiger partial charge in [0.2, 0.25) is 5.91 Å². The summed E-state index contributed by atoms with van der Waals surface area (Å²) < 4.78 is 12.8. The van der Waals surface area contributed by atoms with E-state index in [0.717, 1.165) is 12.8 Å². The molecule has 15 nitrogen and oxygen atoms in total. The Morgan fingerprint density at radius 3 is 2.60 bits per heavy atom. The van der Waals surface area contributed by atoms with Crippen LogP contribution in [-0.4, -0.2) is 115 Å². The van der Waals surface area contributed by atoms with Gasteiger partial charge in [0, 0.05) is 32.6 Å². The second-order valence-electron chi connectivity index (χ2n) is 11.2. The van der Waals surface area contributed by atoms with E-state index in [-0.39, 0.29) is 30.1 Å². The lowest BCUT2D eigenvalue weighted by molar-refractivity contribution is -0.137. The first-order chi connectivity index (χ1) is 19.2. The molecule has 6 rings (SSSR count). The Balaban J connectivity index is 1.10. The maximum Gasteiger partial charge on any atom is 0.410 e. The van der Waals surface area contributed by atoms with Crippen LogP contribution >= 0.6 is 0 Å². The second kappa shape index (κ2) is 10.4. The van der Waals surface area contributed by atoms with Crippen molar-refractivity contribution in [3.05, 3.63) is 12.2 Å². The predicted molar refractivity (Wildman–Crippen MR) is 137 cm³/mol. The van der Waals surface area contributed by atoms with Crippen LogP contribution in [0.3, 0.4) is 0 Å². The molecule has 4 aliphatic rings. The molecule has 2 aromatic rings. The number of rotatable bonds is 6. The molecule has 2 aromatic heterocycles. The Morgan fingerprint density at radius 2 is 1.93 bits per heavy atom. The van der Waals surface area contributed by atoms with Crippen molar-refractivity contribution in [3.8, 4) is 0 Å². The van der Waals surface area contributed by atoms with Gasteiger partial charge in [0.25, 0.3) is 5.91 Å². The maximum atomic E-state index is 12.6. The minimum Gasteiger partial charge on any atom is -0.444 e. The number of aromatic nitrogens is 4. The van der Waals surface area contributed by atoms with Crippen molar-refractivity contribution >= 4 is 34.9 Å². The number of imidazole rings is 1. The van der Waals surface area contributed by atoms with E-state index < -0.39 is 42.6 Å². The third kappa shape index (κ3) is 5.15. The Kier molecular flexibility index (Phi) is 6.96. The standard InChI is InChI=1S/C25H34N8O7/c1-31-10-14(9-16(31)34)39-25(38)32-6-4-12(5-7-32)8-15-29-21(26)17-22(30-15)33(11-27-17)24-19(36)18(35)20(40-24)23(37)28-13-2-3-13/h11-14,18-20,24,35-36H,2-10H2,1H3,(H,28,37)(H2,26,29,30)/t14?,18?,19?,20-,24+/m0/s1. The molecule has 5 heterocycles. The van der Waals surface area contributed by atoms with E-state index in [1.165, 1.54) is 10.9 Å². The summed E-state index contributed by atoms with van der Waals surface area (Å²) in [6.07, 6.45) is -0.574. The minimum absolute atomic E-state index is 0.0295. The third-order valence-electron chi connectivity index (χ3n) is 8.11. The molecule has 5 N–H and O–H groups in total. The summed E-state index contributed by atoms with van der Waals surface area (Å²) in [7, 11) is 1.69. The molecule has 216 valence electrons. The summed E-state index contributed by atoms with van der Waals surface area (Å²) in [5, 5.41) is 24.0. The third-order valence-corrected chi connectivity index (χ3v) is 8.11. The van der Waals surface area contributed by atoms with Crippen molar-refractivity contribution in [1.29, 1.82) is 0 Å². The molecule has 0 radical (unpaired) electrons. The lowest BCUT2D eigenvalue weighted by atomic mass is 9.93. The van der Waals surface area contributed by atoms with Gasteiger partial charge in [-0.1, -0.05) is 0 Å². The number of aliphatic hydroxyl groups is 2. The number of likely N-dealkylation sites (N-methyl/N-ethyl adjacent to an activating group) is 1. The van der Waals surface area contributed by atoms with Gasteiger partial charge in [0.15, 0.2) is 23.8 Å². The molecule has 1 saturated carbocycles. The van der Waals surface area contributed by atoms with Crippen LogP contribution < -0.4 is 11.1 Å². The van der Waals surface area contributed by atoms with Gasteiger partial charge in [-0.2, -0.15) is 0 Å². The molecule has 3 saturated heterocycles. The number of carbonyl (C=O) groups is 3. The Hall–Kier alpha value is -3.56. The highest BCUT2D eigenvalue weighted by atomic mass is 16.6. The Morgan fingerprint density at radius 1 is 1.18 bits per heavy atom. The number of hydrogen-bond donors (Lipinski definition) is 4. The predicted octanol–water partition coefficient (Wildman–Crippen LogP) is -1.07. The lowest BCUT2D eigenvalue weighted by Crippen LogP contribution is -2.43. The molecular weight excluding hydrogens is 524 g/mol. The second-order valence-corrected chi connectivity index (χ2v) is 11.2. The molecule has 15 heteroatoms. The van der Waals surface area contributed by atoms with Gasteiger partial charge in [-0.3, -0.25) is 14.2 Å². The van der Waals surface area contributed by atoms with Crippen molar-refractivity contribution in [2.75, 3.05) is 32.4 Å². The summed E-state index contributed by atoms with van der Waals surface area (Å²) in [6, 6.07) is 0.0844. The van der Waals surface area contributed by atoms with Crippen LogP contribution in [0.25, 0.3) is 11.2 Å². The summed E-state index contributed by atoms with van der Waals surface area (Å²) >= 11 is 0. The smallest absolute Gasteiger partial charge is 0.410 e. The van der Waals surface area contributed by atoms with Crippen LogP contribution in [0.15, 0.2) is 6.33 Å². The van der Waals surface area contributed by atoms with Crippen molar-refractivity contribution in [3.63, 3.8) is 0 Å². The number of nitrogens with zero attached hydrogens (tertiary/aromatic N) is 6. The number of piperidine rings is 1. The topological polar surface area (TPSA) is 198 Å². The fourth-order valence-electron chi connectivity index (χ4n) is 5.58. The Bertz CT molecular complexity index is 1310. The number of aliphatic hydroxyl groups excluding tert-OH is 2. The number of ether oxygens (including phenoxy) is 2. The first-order valence-electron chi connectivity index (χ1n) is 13.7. The molecule has 0 spiro atoms. The molecule has 0 bridgehead atoms. The van der Waals surface area contributed by atoms with Gasteiger partial charge in [-0.05, 0) is 31.6 Å². The Labute approximate surface area is 229 Å². The van der Waals surface area contributed by atoms with E-state index in [1.54, 1.807) is 16.8 Å². The van der Waals surface area contributed by atoms with Gasteiger partial charge in [-0.25, -0.2) is 19.7 Å². The summed E-state index contributed by atoms with van der Waals surface area (Å²) in [4.78, 5) is 53.4. The number of carbonyl (C=O) groups excluding carboxylic acids is 3. The normalized spacial score (nSPS) is 29.4. The number of nitrogens with two attached hydrogens (primary N) is 1. The van der Waals surface area contributed by atoms with E-state index >= 15 is 0 Å². The number of anilines is 1. The fraction of sp³-hybridized carbons (Fsp3) is 0.680. The van der Waals surface area contributed by atoms with Gasteiger partial charge in [-0.15, -0.1) is 0 Å². The molecule has 1 aliphatic carbocycles. The quantitative estimate of drug-likeness (QED) is 0.337. The zero-order valence-corrected chi connectivity index (χ0v) is 22.2. The van der Waals surface area contributed by atoms with Crippen LogP contribution in [0.1, 0.15) is 44.2 Å². The van der Waals surface area contributed by atoms with Gasteiger partial charge >= 0.3 is 6.09 Å². The molecular formula is C25H34N8O7. The van der Waals surface area contributed by atoms with Gasteiger partial charge < -0.3 is 40.5 Å². The molecule has 3 unspecified atom stereocenters. The largest absolute Gasteiger partial charge is 0.444 e. The van der Waals surface area contributed by atoms with Crippen LogP contribution in [0, 0.1) is 5.92 Å². The fourth-order valence-corrected chi connectivity index (χ4v) is 5.58. The number of likely N-dealkylation sites (tertiary alicyclic amines) is 2. The molecule has 5 atom stereocenters. The highest BCUT2D eigenvalue weighted by Gasteiger charge is 2.48. The van der Waals surface area contributed by atoms with Crippen molar-refractivity contribution < 1.29 is 34.1 Å². The van der Waals surface area contributed by atoms with E-state index in [9.17, 15) is 24.6 Å². The summed E-state index contributed by atoms with van der Waals surface area (Å²) in [5.41, 5.74) is 6.85. The van der Waals surface area contributed by atoms with E-state index in [0.29, 0.717) is 55.9 Å². The summed E-state index contributed by atoms with van der Waals surface area (Å²) in [6.45, 7) is 1.44. The maximum absolute atomic E-state index is 12.6. The van der Waals surface area contributed by atoms with Crippen molar-refractivity contribution in [1.82, 2.24) is 34.6 Å². The molecule has 4 fully saturated rings. The highest BCUT2D eigenvalue weighted by molar-refractivity contribution is 5.83. The average Bonchev–Trinajstić information content (AvgIpc) is 3.43. The van der Waals surface area contributed by atoms with Crippen LogP contribution in [0.5, 0.6) is 0 Å². The van der Waals surface area contributed by atoms with Crippen LogP contribution in [0.4, 0.5) is 10.6 Å². The lowest BCUT2D eigenvalue weighted by Gasteiger charge is -2.31. The van der Waals surface area contributed by atoms with E-state index in [1.807, 2.05) is 0 Å². The zero-order chi connectivity index (χ0) is 28.1. The monoisotopic (exact) mass is 558 g/mol. The first-order valence-corrected chi connectivity index (χ1v) is 13.7. The number of amides is 3. The highest BCUT2D eigenvalue weighted by Crippen LogP contribution is 2.33. The molecule has 3 amide bonds. The number of fused-ring (bicyclic) bond motifs is 1. The summed E-state index contributed by atoms with van der Waals surface area (Å²) in [5.74, 6) is 0.360. The minimum atomic E-state index is -1.41. The SMILES string of the molecule is CN1CC(OC(=O)N2CCC(Cc3nc(N)c4ncn([C@@H]5O[C@H](C(=O)NC6CC6)C(O)C5O)c4n3)CC2)CC1=O. The first kappa shape index (κ1) is 26.7. The van der Waals surface area contributed by atoms with E-state index in [2.05, 4.69) is 20.3 Å². The van der Waals surface area contributed by atoms with Crippen molar-refractivity contribution in [2.24, 2.45) is 5.92 Å². The number of nitrogen functional groups attached to an aromatic ring is 1. The number of nitrogens with one attached hydrogen (secondary N) is 1. The zero-order valence-electron chi connectivity index (χ0n) is 22.2.